The number of hydrogen-bond acceptors (Lipinski definition) is 3. The molecule has 22 heavy (non-hydrogen) atoms. The quantitative estimate of drug-likeness (QED) is 0.934. The maximum absolute atomic E-state index is 12.2. The van der Waals surface area contributed by atoms with Gasteiger partial charge >= 0.3 is 0 Å². The first-order valence-electron chi connectivity index (χ1n) is 7.55. The molecule has 1 heterocycles. The number of amides is 1. The van der Waals surface area contributed by atoms with E-state index in [1.807, 2.05) is 30.3 Å². The highest BCUT2D eigenvalue weighted by Crippen LogP contribution is 2.39. The molecule has 0 fully saturated rings. The van der Waals surface area contributed by atoms with Crippen molar-refractivity contribution in [3.05, 3.63) is 51.9 Å². The SMILES string of the molecule is C[C@@H]1CCc2sc(NC(=O)Cc3ccccc3)c(C#N)c2C1. The van der Waals surface area contributed by atoms with Crippen molar-refractivity contribution in [3.63, 3.8) is 0 Å². The van der Waals surface area contributed by atoms with Crippen LogP contribution in [0.1, 0.15) is 34.9 Å². The second-order valence-electron chi connectivity index (χ2n) is 5.88. The largest absolute Gasteiger partial charge is 0.316 e. The Labute approximate surface area is 134 Å². The first-order valence-corrected chi connectivity index (χ1v) is 8.37. The van der Waals surface area contributed by atoms with Crippen molar-refractivity contribution in [2.45, 2.75) is 32.6 Å². The Bertz CT molecular complexity index is 728. The summed E-state index contributed by atoms with van der Waals surface area (Å²) in [4.78, 5) is 13.5. The lowest BCUT2D eigenvalue weighted by atomic mass is 9.88. The number of nitriles is 1. The third-order valence-corrected chi connectivity index (χ3v) is 5.29. The van der Waals surface area contributed by atoms with Crippen LogP contribution in [0.5, 0.6) is 0 Å². The molecule has 1 aromatic heterocycles. The van der Waals surface area contributed by atoms with Crippen molar-refractivity contribution in [3.8, 4) is 6.07 Å². The summed E-state index contributed by atoms with van der Waals surface area (Å²) in [5.41, 5.74) is 2.81. The van der Waals surface area contributed by atoms with Crippen LogP contribution in [0.2, 0.25) is 0 Å². The van der Waals surface area contributed by atoms with Crippen LogP contribution in [-0.4, -0.2) is 5.91 Å². The Kier molecular flexibility index (Phi) is 4.26. The molecule has 1 aliphatic carbocycles. The van der Waals surface area contributed by atoms with E-state index < -0.39 is 0 Å². The zero-order valence-corrected chi connectivity index (χ0v) is 13.4. The number of anilines is 1. The summed E-state index contributed by atoms with van der Waals surface area (Å²) in [5.74, 6) is 0.552. The third-order valence-electron chi connectivity index (χ3n) is 4.08. The van der Waals surface area contributed by atoms with E-state index in [-0.39, 0.29) is 5.91 Å². The number of nitrogens with zero attached hydrogens (tertiary/aromatic N) is 1. The van der Waals surface area contributed by atoms with Gasteiger partial charge in [0.05, 0.1) is 12.0 Å². The van der Waals surface area contributed by atoms with Gasteiger partial charge in [-0.15, -0.1) is 11.3 Å². The van der Waals surface area contributed by atoms with Crippen LogP contribution in [0.4, 0.5) is 5.00 Å². The Morgan fingerprint density at radius 3 is 2.91 bits per heavy atom. The maximum atomic E-state index is 12.2. The molecule has 1 aromatic carbocycles. The van der Waals surface area contributed by atoms with Gasteiger partial charge in [0.15, 0.2) is 0 Å². The minimum absolute atomic E-state index is 0.0608. The van der Waals surface area contributed by atoms with E-state index in [9.17, 15) is 10.1 Å². The smallest absolute Gasteiger partial charge is 0.229 e. The molecular formula is C18H18N2OS. The molecule has 1 N–H and O–H groups in total. The number of nitrogens with one attached hydrogen (secondary N) is 1. The van der Waals surface area contributed by atoms with Crippen molar-refractivity contribution in [1.82, 2.24) is 0 Å². The molecule has 0 radical (unpaired) electrons. The monoisotopic (exact) mass is 310 g/mol. The van der Waals surface area contributed by atoms with Crippen molar-refractivity contribution in [2.24, 2.45) is 5.92 Å². The number of fused-ring (bicyclic) bond motifs is 1. The molecule has 0 saturated carbocycles. The van der Waals surface area contributed by atoms with Crippen LogP contribution in [0.15, 0.2) is 30.3 Å². The average Bonchev–Trinajstić information content (AvgIpc) is 2.84. The summed E-state index contributed by atoms with van der Waals surface area (Å²) in [6.45, 7) is 2.22. The molecule has 0 bridgehead atoms. The highest BCUT2D eigenvalue weighted by atomic mass is 32.1. The fourth-order valence-corrected chi connectivity index (χ4v) is 4.13. The van der Waals surface area contributed by atoms with Gasteiger partial charge in [-0.3, -0.25) is 4.79 Å². The van der Waals surface area contributed by atoms with E-state index >= 15 is 0 Å². The molecule has 1 atom stereocenters. The minimum Gasteiger partial charge on any atom is -0.316 e. The van der Waals surface area contributed by atoms with Gasteiger partial charge in [0.2, 0.25) is 5.91 Å². The molecular weight excluding hydrogens is 292 g/mol. The number of carbonyl (C=O) groups excluding carboxylic acids is 1. The molecule has 0 spiro atoms. The highest BCUT2D eigenvalue weighted by Gasteiger charge is 2.24. The Hall–Kier alpha value is -2.12. The molecule has 1 aliphatic rings. The first-order chi connectivity index (χ1) is 10.7. The predicted octanol–water partition coefficient (Wildman–Crippen LogP) is 3.93. The fraction of sp³-hybridized carbons (Fsp3) is 0.333. The zero-order chi connectivity index (χ0) is 15.5. The van der Waals surface area contributed by atoms with E-state index in [4.69, 9.17) is 0 Å². The lowest BCUT2D eigenvalue weighted by molar-refractivity contribution is -0.115. The Morgan fingerprint density at radius 1 is 1.41 bits per heavy atom. The van der Waals surface area contributed by atoms with Crippen LogP contribution in [0.3, 0.4) is 0 Å². The molecule has 3 rings (SSSR count). The van der Waals surface area contributed by atoms with E-state index in [1.165, 1.54) is 4.88 Å². The van der Waals surface area contributed by atoms with Gasteiger partial charge in [-0.05, 0) is 36.3 Å². The van der Waals surface area contributed by atoms with Crippen LogP contribution < -0.4 is 5.32 Å². The first kappa shape index (κ1) is 14.8. The van der Waals surface area contributed by atoms with Gasteiger partial charge in [0.1, 0.15) is 11.1 Å². The molecule has 4 heteroatoms. The van der Waals surface area contributed by atoms with Gasteiger partial charge < -0.3 is 5.32 Å². The summed E-state index contributed by atoms with van der Waals surface area (Å²) in [5, 5.41) is 13.1. The number of benzene rings is 1. The third kappa shape index (κ3) is 3.05. The van der Waals surface area contributed by atoms with E-state index in [2.05, 4.69) is 18.3 Å². The zero-order valence-electron chi connectivity index (χ0n) is 12.6. The topological polar surface area (TPSA) is 52.9 Å². The molecule has 0 aliphatic heterocycles. The van der Waals surface area contributed by atoms with Crippen molar-refractivity contribution < 1.29 is 4.79 Å². The standard InChI is InChI=1S/C18H18N2OS/c1-12-7-8-16-14(9-12)15(11-19)18(22-16)20-17(21)10-13-5-3-2-4-6-13/h2-6,12H,7-10H2,1H3,(H,20,21)/t12-/m1/s1. The van der Waals surface area contributed by atoms with Crippen LogP contribution >= 0.6 is 11.3 Å². The summed E-state index contributed by atoms with van der Waals surface area (Å²) < 4.78 is 0. The summed E-state index contributed by atoms with van der Waals surface area (Å²) in [6, 6.07) is 11.9. The van der Waals surface area contributed by atoms with Crippen molar-refractivity contribution in [1.29, 1.82) is 5.26 Å². The molecule has 0 saturated heterocycles. The predicted molar refractivity (Wildman–Crippen MR) is 89.0 cm³/mol. The molecule has 1 amide bonds. The molecule has 2 aromatic rings. The van der Waals surface area contributed by atoms with E-state index in [1.54, 1.807) is 11.3 Å². The van der Waals surface area contributed by atoms with Gasteiger partial charge in [-0.25, -0.2) is 0 Å². The highest BCUT2D eigenvalue weighted by molar-refractivity contribution is 7.16. The summed E-state index contributed by atoms with van der Waals surface area (Å²) in [6.07, 6.45) is 3.47. The lowest BCUT2D eigenvalue weighted by Crippen LogP contribution is -2.14. The number of hydrogen-bond donors (Lipinski definition) is 1. The average molecular weight is 310 g/mol. The van der Waals surface area contributed by atoms with Gasteiger partial charge in [-0.2, -0.15) is 5.26 Å². The van der Waals surface area contributed by atoms with Gasteiger partial charge in [0, 0.05) is 4.88 Å². The molecule has 112 valence electrons. The number of aryl methyl sites for hydroxylation is 1. The van der Waals surface area contributed by atoms with E-state index in [0.717, 1.165) is 35.4 Å². The summed E-state index contributed by atoms with van der Waals surface area (Å²) >= 11 is 1.57. The summed E-state index contributed by atoms with van der Waals surface area (Å²) in [7, 11) is 0. The Balaban J connectivity index is 1.78. The number of rotatable bonds is 3. The Morgan fingerprint density at radius 2 is 2.18 bits per heavy atom. The van der Waals surface area contributed by atoms with Crippen LogP contribution in [0.25, 0.3) is 0 Å². The second-order valence-corrected chi connectivity index (χ2v) is 6.98. The van der Waals surface area contributed by atoms with Crippen LogP contribution in [0, 0.1) is 17.2 Å². The maximum Gasteiger partial charge on any atom is 0.229 e. The van der Waals surface area contributed by atoms with Gasteiger partial charge in [-0.1, -0.05) is 37.3 Å². The van der Waals surface area contributed by atoms with Crippen molar-refractivity contribution >= 4 is 22.2 Å². The lowest BCUT2D eigenvalue weighted by Gasteiger charge is -2.17. The molecule has 0 unspecified atom stereocenters. The normalized spacial score (nSPS) is 16.6. The van der Waals surface area contributed by atoms with Crippen LogP contribution in [-0.2, 0) is 24.1 Å². The fourth-order valence-electron chi connectivity index (χ4n) is 2.92. The number of thiophene rings is 1. The second kappa shape index (κ2) is 6.33. The van der Waals surface area contributed by atoms with E-state index in [0.29, 0.717) is 17.9 Å². The molecule has 3 nitrogen and oxygen atoms in total. The minimum atomic E-state index is -0.0608. The van der Waals surface area contributed by atoms with Gasteiger partial charge in [0.25, 0.3) is 0 Å². The number of carbonyl (C=O) groups is 1. The van der Waals surface area contributed by atoms with Crippen molar-refractivity contribution in [2.75, 3.05) is 5.32 Å².